The van der Waals surface area contributed by atoms with Crippen molar-refractivity contribution in [1.29, 1.82) is 0 Å². The Bertz CT molecular complexity index is 1140. The largest absolute Gasteiger partial charge is 0.368 e. The number of halogens is 1. The average molecular weight is 412 g/mol. The summed E-state index contributed by atoms with van der Waals surface area (Å²) in [6.45, 7) is 3.78. The minimum Gasteiger partial charge on any atom is -0.368 e. The number of aryl methyl sites for hydroxylation is 2. The van der Waals surface area contributed by atoms with E-state index >= 15 is 0 Å². The summed E-state index contributed by atoms with van der Waals surface area (Å²) in [5.41, 5.74) is 7.52. The van der Waals surface area contributed by atoms with Crippen LogP contribution in [-0.2, 0) is 4.79 Å². The van der Waals surface area contributed by atoms with Crippen molar-refractivity contribution in [3.63, 3.8) is 0 Å². The molecule has 150 valence electrons. The molecule has 29 heavy (non-hydrogen) atoms. The van der Waals surface area contributed by atoms with Crippen molar-refractivity contribution in [3.8, 4) is 0 Å². The number of hydrogen-bond donors (Lipinski definition) is 1. The van der Waals surface area contributed by atoms with Gasteiger partial charge < -0.3 is 10.6 Å². The smallest absolute Gasteiger partial charge is 0.264 e. The van der Waals surface area contributed by atoms with E-state index in [1.54, 1.807) is 6.07 Å². The van der Waals surface area contributed by atoms with E-state index < -0.39 is 17.8 Å². The molecule has 1 aliphatic carbocycles. The van der Waals surface area contributed by atoms with Crippen LogP contribution < -0.4 is 5.73 Å². The van der Waals surface area contributed by atoms with Gasteiger partial charge in [0.2, 0.25) is 5.91 Å². The highest BCUT2D eigenvalue weighted by atomic mass is 32.1. The molecule has 8 heteroatoms. The van der Waals surface area contributed by atoms with Gasteiger partial charge in [0.1, 0.15) is 22.5 Å². The first kappa shape index (κ1) is 19.4. The third-order valence-electron chi connectivity index (χ3n) is 5.27. The lowest BCUT2D eigenvalue weighted by molar-refractivity contribution is -0.122. The van der Waals surface area contributed by atoms with E-state index in [9.17, 15) is 14.0 Å². The average Bonchev–Trinajstić information content (AvgIpc) is 3.45. The molecular weight excluding hydrogens is 391 g/mol. The van der Waals surface area contributed by atoms with Gasteiger partial charge in [0.05, 0.1) is 10.6 Å². The number of nitrogens with zero attached hydrogens (tertiary/aromatic N) is 3. The minimum atomic E-state index is -1.07. The van der Waals surface area contributed by atoms with Gasteiger partial charge in [-0.2, -0.15) is 0 Å². The summed E-state index contributed by atoms with van der Waals surface area (Å²) in [6, 6.07) is 4.49. The van der Waals surface area contributed by atoms with Gasteiger partial charge in [-0.1, -0.05) is 12.1 Å². The van der Waals surface area contributed by atoms with E-state index in [-0.39, 0.29) is 5.91 Å². The Labute approximate surface area is 171 Å². The second-order valence-corrected chi connectivity index (χ2v) is 8.45. The van der Waals surface area contributed by atoms with Crippen LogP contribution in [0.5, 0.6) is 0 Å². The van der Waals surface area contributed by atoms with Crippen LogP contribution in [0.3, 0.4) is 0 Å². The number of fused-ring (bicyclic) bond motifs is 1. The maximum absolute atomic E-state index is 13.7. The molecule has 1 aromatic carbocycles. The third-order valence-corrected chi connectivity index (χ3v) is 6.44. The van der Waals surface area contributed by atoms with Gasteiger partial charge in [0, 0.05) is 18.4 Å². The summed E-state index contributed by atoms with van der Waals surface area (Å²) in [7, 11) is 1.50. The Kier molecular flexibility index (Phi) is 4.82. The molecule has 0 bridgehead atoms. The molecule has 0 spiro atoms. The van der Waals surface area contributed by atoms with Crippen LogP contribution in [0.15, 0.2) is 24.3 Å². The van der Waals surface area contributed by atoms with Gasteiger partial charge >= 0.3 is 0 Å². The summed E-state index contributed by atoms with van der Waals surface area (Å²) in [4.78, 5) is 37.2. The number of primary amides is 1. The highest BCUT2D eigenvalue weighted by molar-refractivity contribution is 7.20. The van der Waals surface area contributed by atoms with Crippen molar-refractivity contribution in [2.75, 3.05) is 7.05 Å². The molecule has 4 rings (SSSR count). The standard InChI is InChI=1S/C21H21FN4O2S/c1-10-15-11(2)24-19(12-7-8-12)25-20(15)29-17(10)21(28)26(3)16(18(23)27)13-5-4-6-14(22)9-13/h4-6,9,12,16H,7-8H2,1-3H3,(H2,23,27). The molecule has 1 unspecified atom stereocenters. The van der Waals surface area contributed by atoms with Crippen LogP contribution in [0.2, 0.25) is 0 Å². The molecule has 0 aliphatic heterocycles. The van der Waals surface area contributed by atoms with Crippen LogP contribution in [0, 0.1) is 19.7 Å². The number of aromatic nitrogens is 2. The van der Waals surface area contributed by atoms with Crippen molar-refractivity contribution in [3.05, 3.63) is 57.6 Å². The van der Waals surface area contributed by atoms with Crippen molar-refractivity contribution < 1.29 is 14.0 Å². The number of carbonyl (C=O) groups excluding carboxylic acids is 2. The van der Waals surface area contributed by atoms with E-state index in [0.29, 0.717) is 16.4 Å². The zero-order chi connectivity index (χ0) is 20.9. The summed E-state index contributed by atoms with van der Waals surface area (Å²) in [5, 5.41) is 0.873. The summed E-state index contributed by atoms with van der Waals surface area (Å²) in [6.07, 6.45) is 2.19. The Balaban J connectivity index is 1.74. The van der Waals surface area contributed by atoms with Crippen LogP contribution in [-0.4, -0.2) is 33.7 Å². The van der Waals surface area contributed by atoms with Crippen LogP contribution in [0.25, 0.3) is 10.2 Å². The summed E-state index contributed by atoms with van der Waals surface area (Å²) < 4.78 is 13.7. The van der Waals surface area contributed by atoms with Gasteiger partial charge in [-0.3, -0.25) is 9.59 Å². The first-order valence-corrected chi connectivity index (χ1v) is 10.2. The second-order valence-electron chi connectivity index (χ2n) is 7.45. The van der Waals surface area contributed by atoms with E-state index in [4.69, 9.17) is 5.73 Å². The molecule has 1 saturated carbocycles. The Morgan fingerprint density at radius 1 is 1.28 bits per heavy atom. The van der Waals surface area contributed by atoms with Crippen molar-refractivity contribution in [2.45, 2.75) is 38.6 Å². The molecule has 1 aliphatic rings. The molecule has 0 saturated heterocycles. The zero-order valence-corrected chi connectivity index (χ0v) is 17.2. The number of nitrogens with two attached hydrogens (primary N) is 1. The van der Waals surface area contributed by atoms with Gasteiger partial charge in [-0.15, -0.1) is 11.3 Å². The molecule has 0 radical (unpaired) electrons. The molecule has 2 N–H and O–H groups in total. The number of rotatable bonds is 5. The third kappa shape index (κ3) is 3.48. The molecule has 1 fully saturated rings. The van der Waals surface area contributed by atoms with Gasteiger partial charge in [-0.25, -0.2) is 14.4 Å². The lowest BCUT2D eigenvalue weighted by Gasteiger charge is -2.26. The van der Waals surface area contributed by atoms with E-state index in [2.05, 4.69) is 9.97 Å². The van der Waals surface area contributed by atoms with Gasteiger partial charge in [0.15, 0.2) is 0 Å². The molecule has 1 atom stereocenters. The van der Waals surface area contributed by atoms with E-state index in [1.807, 2.05) is 13.8 Å². The maximum atomic E-state index is 13.7. The Morgan fingerprint density at radius 3 is 2.62 bits per heavy atom. The van der Waals surface area contributed by atoms with E-state index in [0.717, 1.165) is 40.1 Å². The number of benzene rings is 1. The number of carbonyl (C=O) groups is 2. The fourth-order valence-corrected chi connectivity index (χ4v) is 4.84. The fourth-order valence-electron chi connectivity index (χ4n) is 3.62. The zero-order valence-electron chi connectivity index (χ0n) is 16.4. The number of likely N-dealkylation sites (N-methyl/N-ethyl adjacent to an activating group) is 1. The molecule has 2 aromatic heterocycles. The van der Waals surface area contributed by atoms with Crippen LogP contribution >= 0.6 is 11.3 Å². The van der Waals surface area contributed by atoms with Gasteiger partial charge in [0.25, 0.3) is 5.91 Å². The maximum Gasteiger partial charge on any atom is 0.264 e. The lowest BCUT2D eigenvalue weighted by atomic mass is 10.0. The summed E-state index contributed by atoms with van der Waals surface area (Å²) >= 11 is 1.29. The minimum absolute atomic E-state index is 0.333. The summed E-state index contributed by atoms with van der Waals surface area (Å²) in [5.74, 6) is -0.331. The molecule has 2 heterocycles. The van der Waals surface area contributed by atoms with Crippen molar-refractivity contribution in [2.24, 2.45) is 5.73 Å². The van der Waals surface area contributed by atoms with Gasteiger partial charge in [-0.05, 0) is 49.9 Å². The van der Waals surface area contributed by atoms with Crippen LogP contribution in [0.1, 0.15) is 57.1 Å². The monoisotopic (exact) mass is 412 g/mol. The normalized spacial score (nSPS) is 14.8. The highest BCUT2D eigenvalue weighted by Gasteiger charge is 2.32. The first-order chi connectivity index (χ1) is 13.8. The van der Waals surface area contributed by atoms with Crippen molar-refractivity contribution >= 4 is 33.4 Å². The molecule has 6 nitrogen and oxygen atoms in total. The quantitative estimate of drug-likeness (QED) is 0.693. The molecule has 3 aromatic rings. The first-order valence-electron chi connectivity index (χ1n) is 9.37. The predicted octanol–water partition coefficient (Wildman–Crippen LogP) is 3.62. The fraction of sp³-hybridized carbons (Fsp3) is 0.333. The van der Waals surface area contributed by atoms with Crippen molar-refractivity contribution in [1.82, 2.24) is 14.9 Å². The number of thiophene rings is 1. The lowest BCUT2D eigenvalue weighted by Crippen LogP contribution is -2.39. The predicted molar refractivity (Wildman–Crippen MR) is 109 cm³/mol. The number of hydrogen-bond acceptors (Lipinski definition) is 5. The highest BCUT2D eigenvalue weighted by Crippen LogP contribution is 2.40. The molecular formula is C21H21FN4O2S. The van der Waals surface area contributed by atoms with E-state index in [1.165, 1.54) is 41.5 Å². The SMILES string of the molecule is Cc1nc(C2CC2)nc2sc(C(=O)N(C)C(C(N)=O)c3cccc(F)c3)c(C)c12. The topological polar surface area (TPSA) is 89.2 Å². The van der Waals surface area contributed by atoms with Crippen LogP contribution in [0.4, 0.5) is 4.39 Å². The molecule has 2 amide bonds. The second kappa shape index (κ2) is 7.18. The Morgan fingerprint density at radius 2 is 2.00 bits per heavy atom. The number of amides is 2. The Hall–Kier alpha value is -2.87.